The van der Waals surface area contributed by atoms with Gasteiger partial charge in [0, 0.05) is 39.2 Å². The lowest BCUT2D eigenvalue weighted by Crippen LogP contribution is -2.12. The number of hydrogen-bond donors (Lipinski definition) is 1. The summed E-state index contributed by atoms with van der Waals surface area (Å²) >= 11 is 1.51. The van der Waals surface area contributed by atoms with Crippen LogP contribution in [0, 0.1) is 6.92 Å². The average molecular weight is 562 g/mol. The predicted molar refractivity (Wildman–Crippen MR) is 165 cm³/mol. The second-order valence-electron chi connectivity index (χ2n) is 10.1. The SMILES string of the molecule is CCc1nccc(C)c1-c1cccc2c(CCCOc3cccc4ccccc34)c(C(=O)O)n(Cc3cscn3)c12. The molecule has 41 heavy (non-hydrogen) atoms. The van der Waals surface area contributed by atoms with Crippen LogP contribution in [0.1, 0.15) is 46.3 Å². The van der Waals surface area contributed by atoms with Gasteiger partial charge in [0.25, 0.3) is 0 Å². The number of para-hydroxylation sites is 1. The fourth-order valence-corrected chi connectivity index (χ4v) is 6.37. The lowest BCUT2D eigenvalue weighted by molar-refractivity contribution is 0.0684. The summed E-state index contributed by atoms with van der Waals surface area (Å²) < 4.78 is 8.15. The van der Waals surface area contributed by atoms with Crippen molar-refractivity contribution >= 4 is 39.0 Å². The highest BCUT2D eigenvalue weighted by molar-refractivity contribution is 7.07. The van der Waals surface area contributed by atoms with Gasteiger partial charge in [0.05, 0.1) is 29.9 Å². The Morgan fingerprint density at radius 1 is 1.00 bits per heavy atom. The summed E-state index contributed by atoms with van der Waals surface area (Å²) in [4.78, 5) is 22.1. The van der Waals surface area contributed by atoms with Gasteiger partial charge in [0.2, 0.25) is 0 Å². The molecule has 7 heteroatoms. The maximum Gasteiger partial charge on any atom is 0.352 e. The Labute approximate surface area is 242 Å². The van der Waals surface area contributed by atoms with Crippen molar-refractivity contribution in [2.75, 3.05) is 6.61 Å². The molecular formula is C34H31N3O3S. The van der Waals surface area contributed by atoms with Gasteiger partial charge in [-0.1, -0.05) is 61.5 Å². The lowest BCUT2D eigenvalue weighted by Gasteiger charge is -2.15. The standard InChI is InChI=1S/C34H31N3O3S/c1-3-29-31(22(2)16-17-35-29)28-13-7-12-26-27(33(34(38)39)37(32(26)28)19-24-20-41-21-36-24)14-8-18-40-30-15-6-10-23-9-4-5-11-25(23)30/h4-7,9-13,15-17,20-21H,3,8,14,18-19H2,1-2H3,(H,38,39). The molecule has 6 aromatic rings. The van der Waals surface area contributed by atoms with Crippen LogP contribution in [0.25, 0.3) is 32.8 Å². The number of aryl methyl sites for hydroxylation is 3. The van der Waals surface area contributed by atoms with Crippen LogP contribution >= 0.6 is 11.3 Å². The molecule has 0 aliphatic rings. The minimum absolute atomic E-state index is 0.310. The lowest BCUT2D eigenvalue weighted by atomic mass is 9.95. The second-order valence-corrected chi connectivity index (χ2v) is 10.9. The molecule has 3 aromatic heterocycles. The van der Waals surface area contributed by atoms with Crippen molar-refractivity contribution in [3.8, 4) is 16.9 Å². The molecule has 1 N–H and O–H groups in total. The fourth-order valence-electron chi connectivity index (χ4n) is 5.82. The summed E-state index contributed by atoms with van der Waals surface area (Å²) in [6.07, 6.45) is 3.87. The molecule has 0 saturated carbocycles. The first-order valence-corrected chi connectivity index (χ1v) is 14.8. The Kier molecular flexibility index (Phi) is 7.53. The number of thiazole rings is 1. The van der Waals surface area contributed by atoms with Crippen LogP contribution in [0.2, 0.25) is 0 Å². The topological polar surface area (TPSA) is 77.2 Å². The third-order valence-corrected chi connectivity index (χ3v) is 8.25. The maximum atomic E-state index is 12.9. The van der Waals surface area contributed by atoms with Crippen molar-refractivity contribution in [1.82, 2.24) is 14.5 Å². The van der Waals surface area contributed by atoms with Gasteiger partial charge in [0.15, 0.2) is 0 Å². The highest BCUT2D eigenvalue weighted by Crippen LogP contribution is 2.38. The van der Waals surface area contributed by atoms with E-state index in [0.29, 0.717) is 31.7 Å². The number of fused-ring (bicyclic) bond motifs is 2. The maximum absolute atomic E-state index is 12.9. The van der Waals surface area contributed by atoms with E-state index in [1.54, 1.807) is 5.51 Å². The number of nitrogens with zero attached hydrogens (tertiary/aromatic N) is 3. The average Bonchev–Trinajstić information content (AvgIpc) is 3.61. The highest BCUT2D eigenvalue weighted by atomic mass is 32.1. The Balaban J connectivity index is 1.43. The van der Waals surface area contributed by atoms with Crippen LogP contribution in [0.5, 0.6) is 5.75 Å². The molecule has 0 spiro atoms. The molecule has 0 aliphatic heterocycles. The molecule has 0 amide bonds. The van der Waals surface area contributed by atoms with Crippen molar-refractivity contribution in [2.24, 2.45) is 0 Å². The zero-order valence-corrected chi connectivity index (χ0v) is 23.9. The molecule has 0 unspecified atom stereocenters. The van der Waals surface area contributed by atoms with Crippen molar-refractivity contribution in [3.63, 3.8) is 0 Å². The number of rotatable bonds is 10. The summed E-state index contributed by atoms with van der Waals surface area (Å²) in [6.45, 7) is 5.05. The van der Waals surface area contributed by atoms with E-state index in [1.165, 1.54) is 11.3 Å². The van der Waals surface area contributed by atoms with Crippen LogP contribution in [-0.2, 0) is 19.4 Å². The zero-order chi connectivity index (χ0) is 28.3. The summed E-state index contributed by atoms with van der Waals surface area (Å²) in [5.74, 6) is -0.0973. The molecule has 0 bridgehead atoms. The number of benzene rings is 3. The fraction of sp³-hybridized carbons (Fsp3) is 0.206. The Hall–Kier alpha value is -4.49. The van der Waals surface area contributed by atoms with E-state index in [1.807, 2.05) is 58.6 Å². The van der Waals surface area contributed by atoms with E-state index in [9.17, 15) is 9.90 Å². The Bertz CT molecular complexity index is 1850. The smallest absolute Gasteiger partial charge is 0.352 e. The van der Waals surface area contributed by atoms with Crippen LogP contribution in [-0.4, -0.2) is 32.2 Å². The summed E-state index contributed by atoms with van der Waals surface area (Å²) in [6, 6.07) is 22.4. The minimum atomic E-state index is -0.939. The van der Waals surface area contributed by atoms with Gasteiger partial charge in [-0.2, -0.15) is 0 Å². The molecule has 0 radical (unpaired) electrons. The molecule has 6 rings (SSSR count). The van der Waals surface area contributed by atoms with Gasteiger partial charge >= 0.3 is 5.97 Å². The van der Waals surface area contributed by atoms with E-state index in [-0.39, 0.29) is 0 Å². The molecule has 3 heterocycles. The van der Waals surface area contributed by atoms with E-state index in [4.69, 9.17) is 4.74 Å². The third kappa shape index (κ3) is 5.09. The van der Waals surface area contributed by atoms with E-state index in [0.717, 1.165) is 67.5 Å². The first-order valence-electron chi connectivity index (χ1n) is 13.9. The monoisotopic (exact) mass is 561 g/mol. The minimum Gasteiger partial charge on any atom is -0.493 e. The van der Waals surface area contributed by atoms with Gasteiger partial charge in [-0.05, 0) is 54.8 Å². The van der Waals surface area contributed by atoms with Gasteiger partial charge in [0.1, 0.15) is 11.4 Å². The van der Waals surface area contributed by atoms with Gasteiger partial charge < -0.3 is 14.4 Å². The molecule has 3 aromatic carbocycles. The highest BCUT2D eigenvalue weighted by Gasteiger charge is 2.26. The number of carboxylic acids is 1. The van der Waals surface area contributed by atoms with Crippen molar-refractivity contribution in [2.45, 2.75) is 39.7 Å². The summed E-state index contributed by atoms with van der Waals surface area (Å²) in [5.41, 5.74) is 8.86. The molecular weight excluding hydrogens is 530 g/mol. The van der Waals surface area contributed by atoms with Crippen LogP contribution < -0.4 is 4.74 Å². The molecule has 0 fully saturated rings. The van der Waals surface area contributed by atoms with Gasteiger partial charge in [-0.15, -0.1) is 11.3 Å². The van der Waals surface area contributed by atoms with Crippen LogP contribution in [0.3, 0.4) is 0 Å². The number of hydrogen-bond acceptors (Lipinski definition) is 5. The third-order valence-electron chi connectivity index (χ3n) is 7.61. The number of carbonyl (C=O) groups is 1. The predicted octanol–water partition coefficient (Wildman–Crippen LogP) is 7.94. The molecule has 0 atom stereocenters. The first kappa shape index (κ1) is 26.7. The van der Waals surface area contributed by atoms with Gasteiger partial charge in [-0.3, -0.25) is 4.98 Å². The number of aromatic nitrogens is 3. The number of aromatic carboxylic acids is 1. The van der Waals surface area contributed by atoms with E-state index < -0.39 is 5.97 Å². The molecule has 0 saturated heterocycles. The Morgan fingerprint density at radius 3 is 2.61 bits per heavy atom. The largest absolute Gasteiger partial charge is 0.493 e. The number of carboxylic acid groups (broad SMARTS) is 1. The normalized spacial score (nSPS) is 11.4. The van der Waals surface area contributed by atoms with Crippen molar-refractivity contribution in [3.05, 3.63) is 112 Å². The van der Waals surface area contributed by atoms with Crippen LogP contribution in [0.15, 0.2) is 83.8 Å². The second kappa shape index (κ2) is 11.6. The van der Waals surface area contributed by atoms with Gasteiger partial charge in [-0.25, -0.2) is 9.78 Å². The summed E-state index contributed by atoms with van der Waals surface area (Å²) in [7, 11) is 0. The Morgan fingerprint density at radius 2 is 1.80 bits per heavy atom. The molecule has 0 aliphatic carbocycles. The van der Waals surface area contributed by atoms with Crippen molar-refractivity contribution in [1.29, 1.82) is 0 Å². The quantitative estimate of drug-likeness (QED) is 0.172. The molecule has 206 valence electrons. The van der Waals surface area contributed by atoms with E-state index in [2.05, 4.69) is 48.1 Å². The zero-order valence-electron chi connectivity index (χ0n) is 23.1. The van der Waals surface area contributed by atoms with Crippen LogP contribution in [0.4, 0.5) is 0 Å². The number of ether oxygens (including phenoxy) is 1. The van der Waals surface area contributed by atoms with Crippen molar-refractivity contribution < 1.29 is 14.6 Å². The molecule has 6 nitrogen and oxygen atoms in total. The number of pyridine rings is 1. The van der Waals surface area contributed by atoms with E-state index >= 15 is 0 Å². The first-order chi connectivity index (χ1) is 20.1. The summed E-state index contributed by atoms with van der Waals surface area (Å²) in [5, 5.41) is 15.7.